The molecule has 0 fully saturated rings. The van der Waals surface area contributed by atoms with Gasteiger partial charge in [-0.1, -0.05) is 25.5 Å². The van der Waals surface area contributed by atoms with Gasteiger partial charge in [0.05, 0.1) is 5.56 Å². The van der Waals surface area contributed by atoms with E-state index in [1.165, 1.54) is 12.1 Å². The number of hydrogen-bond acceptors (Lipinski definition) is 2. The molecule has 0 aromatic heterocycles. The van der Waals surface area contributed by atoms with Crippen LogP contribution in [0, 0.1) is 5.92 Å². The Morgan fingerprint density at radius 1 is 1.28 bits per heavy atom. The number of hydrogen-bond donors (Lipinski definition) is 1. The second-order valence-electron chi connectivity index (χ2n) is 4.21. The average Bonchev–Trinajstić information content (AvgIpc) is 2.34. The maximum Gasteiger partial charge on any atom is 0.416 e. The molecule has 18 heavy (non-hydrogen) atoms. The molecule has 0 saturated carbocycles. The number of rotatable bonds is 5. The molecule has 1 unspecified atom stereocenters. The van der Waals surface area contributed by atoms with E-state index < -0.39 is 11.7 Å². The number of carbonyl (C=O) groups excluding carboxylic acids is 1. The number of benzene rings is 1. The van der Waals surface area contributed by atoms with E-state index in [9.17, 15) is 18.0 Å². The first-order valence-electron chi connectivity index (χ1n) is 5.79. The highest BCUT2D eigenvalue weighted by atomic mass is 19.4. The fraction of sp³-hybridized carbons (Fsp3) is 0.462. The standard InChI is InChI=1S/C13H16F3NO/c1-2-9(8-17)7-12(18)10-3-5-11(6-4-10)13(14,15)16/h3-6,9H,2,7-8,17H2,1H3. The van der Waals surface area contributed by atoms with Crippen LogP contribution in [0.4, 0.5) is 13.2 Å². The van der Waals surface area contributed by atoms with Crippen molar-refractivity contribution in [2.45, 2.75) is 25.9 Å². The van der Waals surface area contributed by atoms with Gasteiger partial charge in [0.1, 0.15) is 0 Å². The summed E-state index contributed by atoms with van der Waals surface area (Å²) in [4.78, 5) is 11.8. The summed E-state index contributed by atoms with van der Waals surface area (Å²) >= 11 is 0. The fourth-order valence-corrected chi connectivity index (χ4v) is 1.62. The number of carbonyl (C=O) groups is 1. The SMILES string of the molecule is CCC(CN)CC(=O)c1ccc(C(F)(F)F)cc1. The second kappa shape index (κ2) is 6.00. The van der Waals surface area contributed by atoms with Crippen LogP contribution in [0.25, 0.3) is 0 Å². The minimum atomic E-state index is -4.37. The molecule has 0 radical (unpaired) electrons. The first-order chi connectivity index (χ1) is 8.38. The minimum Gasteiger partial charge on any atom is -0.330 e. The highest BCUT2D eigenvalue weighted by molar-refractivity contribution is 5.96. The van der Waals surface area contributed by atoms with E-state index in [0.29, 0.717) is 12.1 Å². The third-order valence-corrected chi connectivity index (χ3v) is 2.92. The quantitative estimate of drug-likeness (QED) is 0.825. The lowest BCUT2D eigenvalue weighted by Gasteiger charge is -2.11. The highest BCUT2D eigenvalue weighted by Crippen LogP contribution is 2.29. The van der Waals surface area contributed by atoms with Crippen LogP contribution in [-0.2, 0) is 6.18 Å². The number of halogens is 3. The van der Waals surface area contributed by atoms with Gasteiger partial charge in [0, 0.05) is 12.0 Å². The minimum absolute atomic E-state index is 0.0831. The molecule has 1 rings (SSSR count). The molecule has 0 heterocycles. The molecule has 0 aliphatic heterocycles. The van der Waals surface area contributed by atoms with Gasteiger partial charge in [-0.3, -0.25) is 4.79 Å². The Morgan fingerprint density at radius 3 is 2.22 bits per heavy atom. The molecule has 2 N–H and O–H groups in total. The molecule has 1 aromatic rings. The molecule has 0 aliphatic rings. The van der Waals surface area contributed by atoms with Crippen LogP contribution < -0.4 is 5.73 Å². The van der Waals surface area contributed by atoms with E-state index in [4.69, 9.17) is 5.73 Å². The molecule has 100 valence electrons. The van der Waals surface area contributed by atoms with Crippen molar-refractivity contribution in [2.75, 3.05) is 6.54 Å². The average molecular weight is 259 g/mol. The van der Waals surface area contributed by atoms with Crippen molar-refractivity contribution >= 4 is 5.78 Å². The van der Waals surface area contributed by atoms with Crippen molar-refractivity contribution in [3.8, 4) is 0 Å². The van der Waals surface area contributed by atoms with E-state index in [2.05, 4.69) is 0 Å². The zero-order chi connectivity index (χ0) is 13.8. The smallest absolute Gasteiger partial charge is 0.330 e. The maximum absolute atomic E-state index is 12.3. The summed E-state index contributed by atoms with van der Waals surface area (Å²) in [6.07, 6.45) is -3.31. The third-order valence-electron chi connectivity index (χ3n) is 2.92. The van der Waals surface area contributed by atoms with Crippen molar-refractivity contribution in [1.82, 2.24) is 0 Å². The molecule has 0 bridgehead atoms. The van der Waals surface area contributed by atoms with Gasteiger partial charge >= 0.3 is 6.18 Å². The Labute approximate surface area is 104 Å². The largest absolute Gasteiger partial charge is 0.416 e. The number of nitrogens with two attached hydrogens (primary N) is 1. The van der Waals surface area contributed by atoms with Crippen molar-refractivity contribution in [3.05, 3.63) is 35.4 Å². The summed E-state index contributed by atoms with van der Waals surface area (Å²) < 4.78 is 37.0. The number of Topliss-reactive ketones (excluding diaryl/α,β-unsaturated/α-hetero) is 1. The van der Waals surface area contributed by atoms with Crippen LogP contribution >= 0.6 is 0 Å². The molecule has 1 aromatic carbocycles. The summed E-state index contributed by atoms with van der Waals surface area (Å²) in [6, 6.07) is 4.29. The van der Waals surface area contributed by atoms with Crippen LogP contribution in [0.5, 0.6) is 0 Å². The van der Waals surface area contributed by atoms with Crippen molar-refractivity contribution in [1.29, 1.82) is 0 Å². The van der Waals surface area contributed by atoms with E-state index in [0.717, 1.165) is 18.6 Å². The van der Waals surface area contributed by atoms with Gasteiger partial charge in [-0.25, -0.2) is 0 Å². The Morgan fingerprint density at radius 2 is 1.83 bits per heavy atom. The monoisotopic (exact) mass is 259 g/mol. The lowest BCUT2D eigenvalue weighted by molar-refractivity contribution is -0.137. The van der Waals surface area contributed by atoms with Crippen LogP contribution in [0.15, 0.2) is 24.3 Å². The van der Waals surface area contributed by atoms with Gasteiger partial charge in [-0.2, -0.15) is 13.2 Å². The van der Waals surface area contributed by atoms with Crippen molar-refractivity contribution in [2.24, 2.45) is 11.7 Å². The molecule has 0 amide bonds. The van der Waals surface area contributed by atoms with E-state index in [1.807, 2.05) is 6.92 Å². The number of ketones is 1. The molecule has 0 aliphatic carbocycles. The Kier molecular flexibility index (Phi) is 4.90. The summed E-state index contributed by atoms with van der Waals surface area (Å²) in [5.74, 6) is -0.0826. The molecule has 0 saturated heterocycles. The topological polar surface area (TPSA) is 43.1 Å². The Bertz CT molecular complexity index is 394. The summed E-state index contributed by atoms with van der Waals surface area (Å²) in [5, 5.41) is 0. The predicted molar refractivity (Wildman–Crippen MR) is 63.2 cm³/mol. The first kappa shape index (κ1) is 14.7. The Balaban J connectivity index is 2.76. The van der Waals surface area contributed by atoms with Gasteiger partial charge in [-0.15, -0.1) is 0 Å². The maximum atomic E-state index is 12.3. The van der Waals surface area contributed by atoms with Gasteiger partial charge in [-0.05, 0) is 24.6 Å². The lowest BCUT2D eigenvalue weighted by Crippen LogP contribution is -2.17. The Hall–Kier alpha value is -1.36. The van der Waals surface area contributed by atoms with Crippen LogP contribution in [-0.4, -0.2) is 12.3 Å². The lowest BCUT2D eigenvalue weighted by atomic mass is 9.96. The van der Waals surface area contributed by atoms with Crippen molar-refractivity contribution in [3.63, 3.8) is 0 Å². The second-order valence-corrected chi connectivity index (χ2v) is 4.21. The predicted octanol–water partition coefficient (Wildman–Crippen LogP) is 3.26. The normalized spacial score (nSPS) is 13.4. The van der Waals surface area contributed by atoms with Crippen molar-refractivity contribution < 1.29 is 18.0 Å². The molecule has 5 heteroatoms. The summed E-state index contributed by atoms with van der Waals surface area (Å²) in [5.41, 5.74) is 5.05. The summed E-state index contributed by atoms with van der Waals surface area (Å²) in [7, 11) is 0. The molecular weight excluding hydrogens is 243 g/mol. The van der Waals surface area contributed by atoms with Gasteiger partial charge in [0.15, 0.2) is 5.78 Å². The summed E-state index contributed by atoms with van der Waals surface area (Å²) in [6.45, 7) is 2.33. The van der Waals surface area contributed by atoms with Gasteiger partial charge in [0.2, 0.25) is 0 Å². The molecular formula is C13H16F3NO. The van der Waals surface area contributed by atoms with Gasteiger partial charge in [0.25, 0.3) is 0 Å². The molecule has 0 spiro atoms. The third kappa shape index (κ3) is 3.84. The van der Waals surface area contributed by atoms with E-state index >= 15 is 0 Å². The highest BCUT2D eigenvalue weighted by Gasteiger charge is 2.30. The fourth-order valence-electron chi connectivity index (χ4n) is 1.62. The molecule has 2 nitrogen and oxygen atoms in total. The van der Waals surface area contributed by atoms with Gasteiger partial charge < -0.3 is 5.73 Å². The van der Waals surface area contributed by atoms with E-state index in [-0.39, 0.29) is 18.1 Å². The zero-order valence-corrected chi connectivity index (χ0v) is 10.1. The van der Waals surface area contributed by atoms with Crippen LogP contribution in [0.2, 0.25) is 0 Å². The van der Waals surface area contributed by atoms with E-state index in [1.54, 1.807) is 0 Å². The van der Waals surface area contributed by atoms with Crippen LogP contribution in [0.1, 0.15) is 35.7 Å². The first-order valence-corrected chi connectivity index (χ1v) is 5.79. The number of alkyl halides is 3. The zero-order valence-electron chi connectivity index (χ0n) is 10.1. The van der Waals surface area contributed by atoms with Crippen LogP contribution in [0.3, 0.4) is 0 Å². The molecule has 1 atom stereocenters.